The molecule has 1 heterocycles. The average Bonchev–Trinajstić information content (AvgIpc) is 2.33. The summed E-state index contributed by atoms with van der Waals surface area (Å²) in [7, 11) is -4.38. The van der Waals surface area contributed by atoms with Gasteiger partial charge in [0.15, 0.2) is 0 Å². The van der Waals surface area contributed by atoms with Crippen LogP contribution in [0.2, 0.25) is 0 Å². The molecule has 0 unspecified atom stereocenters. The lowest BCUT2D eigenvalue weighted by Crippen LogP contribution is -2.29. The molecule has 0 saturated carbocycles. The normalized spacial score (nSPS) is 24.1. The van der Waals surface area contributed by atoms with E-state index in [0.29, 0.717) is 11.5 Å². The van der Waals surface area contributed by atoms with E-state index in [1.807, 2.05) is 6.92 Å². The Morgan fingerprint density at radius 2 is 1.95 bits per heavy atom. The van der Waals surface area contributed by atoms with E-state index in [2.05, 4.69) is 5.32 Å². The highest BCUT2D eigenvalue weighted by atomic mass is 32.2. The van der Waals surface area contributed by atoms with Gasteiger partial charge in [0, 0.05) is 34.0 Å². The molecule has 0 atom stereocenters. The first-order chi connectivity index (χ1) is 8.86. The molecule has 5 nitrogen and oxygen atoms in total. The van der Waals surface area contributed by atoms with Crippen molar-refractivity contribution < 1.29 is 12.6 Å². The molecular formula is C12H18N2O3S2. The Kier molecular flexibility index (Phi) is 4.27. The monoisotopic (exact) mass is 302 g/mol. The third kappa shape index (κ3) is 3.77. The standard InChI is InChI=1S/C12H18N2O3S2/c1-9-2-3-11(19(13,16)17)8-12(9)14-10-4-6-18(15)7-5-10/h2-3,8,10,14H,4-7H2,1H3,(H2,13,16,17). The molecule has 106 valence electrons. The fraction of sp³-hybridized carbons (Fsp3) is 0.500. The lowest BCUT2D eigenvalue weighted by molar-refractivity contribution is 0.597. The number of rotatable bonds is 3. The molecule has 0 aliphatic carbocycles. The number of benzene rings is 1. The lowest BCUT2D eigenvalue weighted by Gasteiger charge is -2.24. The van der Waals surface area contributed by atoms with Crippen LogP contribution in [0, 0.1) is 6.92 Å². The molecule has 0 amide bonds. The summed E-state index contributed by atoms with van der Waals surface area (Å²) in [5, 5.41) is 8.46. The topological polar surface area (TPSA) is 89.3 Å². The maximum absolute atomic E-state index is 11.3. The van der Waals surface area contributed by atoms with E-state index in [1.165, 1.54) is 6.07 Å². The fourth-order valence-electron chi connectivity index (χ4n) is 2.09. The number of nitrogens with one attached hydrogen (secondary N) is 1. The summed E-state index contributed by atoms with van der Waals surface area (Å²) >= 11 is 0. The van der Waals surface area contributed by atoms with E-state index >= 15 is 0 Å². The highest BCUT2D eigenvalue weighted by Crippen LogP contribution is 2.22. The van der Waals surface area contributed by atoms with Crippen LogP contribution in [-0.2, 0) is 20.8 Å². The van der Waals surface area contributed by atoms with Crippen LogP contribution in [0.3, 0.4) is 0 Å². The van der Waals surface area contributed by atoms with Gasteiger partial charge in [-0.05, 0) is 37.5 Å². The van der Waals surface area contributed by atoms with Gasteiger partial charge >= 0.3 is 0 Å². The first kappa shape index (κ1) is 14.5. The van der Waals surface area contributed by atoms with Crippen LogP contribution in [0.5, 0.6) is 0 Å². The second-order valence-corrected chi connectivity index (χ2v) is 8.05. The number of anilines is 1. The molecule has 7 heteroatoms. The first-order valence-corrected chi connectivity index (χ1v) is 9.14. The number of primary sulfonamides is 1. The van der Waals surface area contributed by atoms with Crippen molar-refractivity contribution >= 4 is 26.5 Å². The Balaban J connectivity index is 2.18. The fourth-order valence-corrected chi connectivity index (χ4v) is 3.93. The quantitative estimate of drug-likeness (QED) is 0.870. The maximum Gasteiger partial charge on any atom is 0.238 e. The van der Waals surface area contributed by atoms with Crippen LogP contribution >= 0.6 is 0 Å². The number of aryl methyl sites for hydroxylation is 1. The van der Waals surface area contributed by atoms with Gasteiger partial charge in [-0.2, -0.15) is 0 Å². The summed E-state index contributed by atoms with van der Waals surface area (Å²) in [4.78, 5) is 0.111. The smallest absolute Gasteiger partial charge is 0.238 e. The minimum absolute atomic E-state index is 0.111. The second kappa shape index (κ2) is 5.60. The highest BCUT2D eigenvalue weighted by Gasteiger charge is 2.19. The van der Waals surface area contributed by atoms with E-state index in [1.54, 1.807) is 12.1 Å². The Morgan fingerprint density at radius 3 is 2.53 bits per heavy atom. The van der Waals surface area contributed by atoms with E-state index < -0.39 is 20.8 Å². The van der Waals surface area contributed by atoms with Crippen molar-refractivity contribution in [2.45, 2.75) is 30.7 Å². The van der Waals surface area contributed by atoms with Gasteiger partial charge in [0.2, 0.25) is 10.0 Å². The zero-order chi connectivity index (χ0) is 14.0. The SMILES string of the molecule is Cc1ccc(S(N)(=O)=O)cc1NC1CCS(=O)CC1. The Morgan fingerprint density at radius 1 is 1.32 bits per heavy atom. The summed E-state index contributed by atoms with van der Waals surface area (Å²) in [6.07, 6.45) is 1.68. The van der Waals surface area contributed by atoms with Gasteiger partial charge < -0.3 is 5.32 Å². The lowest BCUT2D eigenvalue weighted by atomic mass is 10.1. The number of sulfonamides is 1. The van der Waals surface area contributed by atoms with Crippen LogP contribution in [-0.4, -0.2) is 30.2 Å². The molecule has 0 spiro atoms. The average molecular weight is 302 g/mol. The van der Waals surface area contributed by atoms with Gasteiger partial charge in [0.1, 0.15) is 0 Å². The van der Waals surface area contributed by atoms with Crippen molar-refractivity contribution in [3.8, 4) is 0 Å². The zero-order valence-electron chi connectivity index (χ0n) is 10.8. The Hall–Kier alpha value is -0.920. The van der Waals surface area contributed by atoms with Crippen LogP contribution in [0.1, 0.15) is 18.4 Å². The van der Waals surface area contributed by atoms with Gasteiger partial charge in [0.05, 0.1) is 4.90 Å². The van der Waals surface area contributed by atoms with Crippen LogP contribution in [0.4, 0.5) is 5.69 Å². The molecule has 3 N–H and O–H groups in total. The zero-order valence-corrected chi connectivity index (χ0v) is 12.4. The number of hydrogen-bond acceptors (Lipinski definition) is 4. The van der Waals surface area contributed by atoms with Crippen LogP contribution in [0.15, 0.2) is 23.1 Å². The van der Waals surface area contributed by atoms with E-state index in [0.717, 1.165) is 24.1 Å². The van der Waals surface area contributed by atoms with Gasteiger partial charge in [0.25, 0.3) is 0 Å². The van der Waals surface area contributed by atoms with Crippen molar-refractivity contribution in [1.82, 2.24) is 0 Å². The minimum atomic E-state index is -3.68. The minimum Gasteiger partial charge on any atom is -0.382 e. The first-order valence-electron chi connectivity index (χ1n) is 6.11. The second-order valence-electron chi connectivity index (χ2n) is 4.79. The molecule has 19 heavy (non-hydrogen) atoms. The van der Waals surface area contributed by atoms with Crippen LogP contribution < -0.4 is 10.5 Å². The summed E-state index contributed by atoms with van der Waals surface area (Å²) in [5.74, 6) is 1.40. The number of nitrogens with two attached hydrogens (primary N) is 1. The number of hydrogen-bond donors (Lipinski definition) is 2. The predicted octanol–water partition coefficient (Wildman–Crippen LogP) is 0.965. The Bertz CT molecular complexity index is 589. The molecule has 1 aromatic carbocycles. The highest BCUT2D eigenvalue weighted by molar-refractivity contribution is 7.89. The molecule has 0 radical (unpaired) electrons. The van der Waals surface area contributed by atoms with Crippen molar-refractivity contribution in [2.75, 3.05) is 16.8 Å². The van der Waals surface area contributed by atoms with Crippen molar-refractivity contribution in [1.29, 1.82) is 0 Å². The summed E-state index contributed by atoms with van der Waals surface area (Å²) < 4.78 is 34.0. The molecular weight excluding hydrogens is 284 g/mol. The molecule has 2 rings (SSSR count). The molecule has 1 aliphatic rings. The molecule has 0 aromatic heterocycles. The predicted molar refractivity (Wildman–Crippen MR) is 77.1 cm³/mol. The van der Waals surface area contributed by atoms with E-state index in [-0.39, 0.29) is 10.9 Å². The third-order valence-electron chi connectivity index (χ3n) is 3.29. The van der Waals surface area contributed by atoms with Gasteiger partial charge in [-0.25, -0.2) is 13.6 Å². The third-order valence-corrected chi connectivity index (χ3v) is 5.58. The summed E-state index contributed by atoms with van der Waals surface area (Å²) in [6.45, 7) is 1.91. The summed E-state index contributed by atoms with van der Waals surface area (Å²) in [6, 6.07) is 5.05. The molecule has 1 aromatic rings. The maximum atomic E-state index is 11.3. The largest absolute Gasteiger partial charge is 0.382 e. The van der Waals surface area contributed by atoms with Crippen LogP contribution in [0.25, 0.3) is 0 Å². The van der Waals surface area contributed by atoms with Crippen molar-refractivity contribution in [3.05, 3.63) is 23.8 Å². The van der Waals surface area contributed by atoms with E-state index in [4.69, 9.17) is 5.14 Å². The van der Waals surface area contributed by atoms with Gasteiger partial charge in [-0.15, -0.1) is 0 Å². The molecule has 1 aliphatic heterocycles. The van der Waals surface area contributed by atoms with E-state index in [9.17, 15) is 12.6 Å². The van der Waals surface area contributed by atoms with Gasteiger partial charge in [-0.3, -0.25) is 4.21 Å². The van der Waals surface area contributed by atoms with Crippen molar-refractivity contribution in [3.63, 3.8) is 0 Å². The van der Waals surface area contributed by atoms with Gasteiger partial charge in [-0.1, -0.05) is 6.07 Å². The van der Waals surface area contributed by atoms with Crippen molar-refractivity contribution in [2.24, 2.45) is 5.14 Å². The molecule has 1 saturated heterocycles. The molecule has 0 bridgehead atoms. The Labute approximate surface area is 116 Å². The molecule has 1 fully saturated rings. The summed E-state index contributed by atoms with van der Waals surface area (Å²) in [5.41, 5.74) is 1.75.